The Hall–Kier alpha value is -2.30. The van der Waals surface area contributed by atoms with Crippen LogP contribution in [-0.4, -0.2) is 23.6 Å². The summed E-state index contributed by atoms with van der Waals surface area (Å²) in [6, 6.07) is 5.49. The first-order valence-electron chi connectivity index (χ1n) is 8.31. The zero-order valence-corrected chi connectivity index (χ0v) is 14.8. The van der Waals surface area contributed by atoms with E-state index >= 15 is 0 Å². The summed E-state index contributed by atoms with van der Waals surface area (Å²) in [5, 5.41) is 5.42. The molecule has 5 nitrogen and oxygen atoms in total. The van der Waals surface area contributed by atoms with E-state index in [1.807, 2.05) is 12.1 Å². The Morgan fingerprint density at radius 1 is 1.29 bits per heavy atom. The highest BCUT2D eigenvalue weighted by Gasteiger charge is 2.21. The number of allylic oxidation sites excluding steroid dienone is 1. The molecule has 0 spiro atoms. The van der Waals surface area contributed by atoms with Crippen LogP contribution in [0.5, 0.6) is 0 Å². The average molecular weight is 330 g/mol. The number of aryl methyl sites for hydroxylation is 1. The van der Waals surface area contributed by atoms with E-state index in [0.29, 0.717) is 6.54 Å². The molecule has 0 unspecified atom stereocenters. The number of fused-ring (bicyclic) bond motifs is 1. The van der Waals surface area contributed by atoms with E-state index in [-0.39, 0.29) is 5.91 Å². The second kappa shape index (κ2) is 7.51. The van der Waals surface area contributed by atoms with Crippen molar-refractivity contribution in [3.63, 3.8) is 0 Å². The Balaban J connectivity index is 1.90. The largest absolute Gasteiger partial charge is 0.444 e. The smallest absolute Gasteiger partial charge is 0.408 e. The van der Waals surface area contributed by atoms with Gasteiger partial charge in [-0.1, -0.05) is 30.4 Å². The molecular formula is C19H26N2O3. The third-order valence-electron chi connectivity index (χ3n) is 3.73. The van der Waals surface area contributed by atoms with E-state index < -0.39 is 17.7 Å². The van der Waals surface area contributed by atoms with Crippen LogP contribution in [0.3, 0.4) is 0 Å². The van der Waals surface area contributed by atoms with Gasteiger partial charge in [0.1, 0.15) is 11.6 Å². The molecule has 2 N–H and O–H groups in total. The summed E-state index contributed by atoms with van der Waals surface area (Å²) in [6.45, 7) is 7.42. The number of benzene rings is 1. The molecule has 1 atom stereocenters. The van der Waals surface area contributed by atoms with Crippen molar-refractivity contribution in [3.05, 3.63) is 41.0 Å². The maximum Gasteiger partial charge on any atom is 0.408 e. The number of amides is 2. The first-order chi connectivity index (χ1) is 11.3. The van der Waals surface area contributed by atoms with Crippen LogP contribution in [0.25, 0.3) is 6.08 Å². The van der Waals surface area contributed by atoms with Crippen molar-refractivity contribution in [1.82, 2.24) is 10.6 Å². The van der Waals surface area contributed by atoms with Gasteiger partial charge in [-0.3, -0.25) is 4.79 Å². The molecule has 1 aromatic rings. The molecule has 0 saturated carbocycles. The zero-order valence-electron chi connectivity index (χ0n) is 14.8. The molecule has 0 heterocycles. The minimum Gasteiger partial charge on any atom is -0.444 e. The summed E-state index contributed by atoms with van der Waals surface area (Å²) in [5.74, 6) is -0.238. The lowest BCUT2D eigenvalue weighted by molar-refractivity contribution is -0.122. The molecule has 24 heavy (non-hydrogen) atoms. The zero-order chi connectivity index (χ0) is 17.7. The van der Waals surface area contributed by atoms with Crippen molar-refractivity contribution in [1.29, 1.82) is 0 Å². The molecule has 0 radical (unpaired) electrons. The molecule has 1 aliphatic rings. The quantitative estimate of drug-likeness (QED) is 0.891. The number of hydrogen-bond acceptors (Lipinski definition) is 3. The predicted octanol–water partition coefficient (Wildman–Crippen LogP) is 3.18. The van der Waals surface area contributed by atoms with Crippen LogP contribution in [0.2, 0.25) is 0 Å². The maximum atomic E-state index is 12.2. The molecular weight excluding hydrogens is 304 g/mol. The molecule has 0 saturated heterocycles. The van der Waals surface area contributed by atoms with Gasteiger partial charge >= 0.3 is 6.09 Å². The number of alkyl carbamates (subject to hydrolysis) is 1. The van der Waals surface area contributed by atoms with Crippen LogP contribution < -0.4 is 10.6 Å². The Labute approximate surface area is 143 Å². The third-order valence-corrected chi connectivity index (χ3v) is 3.73. The highest BCUT2D eigenvalue weighted by molar-refractivity contribution is 5.85. The van der Waals surface area contributed by atoms with Gasteiger partial charge in [0.2, 0.25) is 5.91 Å². The molecule has 130 valence electrons. The van der Waals surface area contributed by atoms with Gasteiger partial charge in [0, 0.05) is 6.54 Å². The van der Waals surface area contributed by atoms with E-state index in [1.54, 1.807) is 27.7 Å². The molecule has 0 aromatic heterocycles. The second-order valence-electron chi connectivity index (χ2n) is 7.02. The summed E-state index contributed by atoms with van der Waals surface area (Å²) in [5.41, 5.74) is 3.00. The topological polar surface area (TPSA) is 67.4 Å². The van der Waals surface area contributed by atoms with Gasteiger partial charge in [-0.25, -0.2) is 4.79 Å². The molecule has 0 fully saturated rings. The Kier molecular flexibility index (Phi) is 5.65. The van der Waals surface area contributed by atoms with Crippen LogP contribution in [0.4, 0.5) is 4.79 Å². The molecule has 1 aromatic carbocycles. The standard InChI is InChI=1S/C19H26N2O3/c1-13(21-18(23)24-19(2,3)4)17(22)20-12-15-10-7-9-14-8-5-6-11-16(14)15/h6-7,9-11,13H,5,8,12H2,1-4H3,(H,20,22)(H,21,23)/t13-/m0/s1. The van der Waals surface area contributed by atoms with E-state index in [1.165, 1.54) is 11.1 Å². The molecule has 2 rings (SSSR count). The molecule has 2 amide bonds. The van der Waals surface area contributed by atoms with E-state index in [0.717, 1.165) is 18.4 Å². The third kappa shape index (κ3) is 5.11. The number of rotatable bonds is 4. The first kappa shape index (κ1) is 18.0. The molecule has 0 bridgehead atoms. The maximum absolute atomic E-state index is 12.2. The fourth-order valence-electron chi connectivity index (χ4n) is 2.58. The van der Waals surface area contributed by atoms with Crippen molar-refractivity contribution in [2.45, 2.75) is 58.7 Å². The van der Waals surface area contributed by atoms with Crippen molar-refractivity contribution in [2.24, 2.45) is 0 Å². The fraction of sp³-hybridized carbons (Fsp3) is 0.474. The lowest BCUT2D eigenvalue weighted by Gasteiger charge is -2.22. The van der Waals surface area contributed by atoms with Crippen molar-refractivity contribution in [2.75, 3.05) is 0 Å². The van der Waals surface area contributed by atoms with Crippen LogP contribution >= 0.6 is 0 Å². The van der Waals surface area contributed by atoms with Gasteiger partial charge in [-0.15, -0.1) is 0 Å². The van der Waals surface area contributed by atoms with E-state index in [4.69, 9.17) is 4.74 Å². The summed E-state index contributed by atoms with van der Waals surface area (Å²) in [6.07, 6.45) is 5.76. The van der Waals surface area contributed by atoms with Crippen molar-refractivity contribution in [3.8, 4) is 0 Å². The number of carbonyl (C=O) groups is 2. The Morgan fingerprint density at radius 2 is 2.04 bits per heavy atom. The van der Waals surface area contributed by atoms with Crippen molar-refractivity contribution >= 4 is 18.1 Å². The lowest BCUT2D eigenvalue weighted by atomic mass is 9.93. The Bertz CT molecular complexity index is 645. The van der Waals surface area contributed by atoms with Crippen LogP contribution in [0.15, 0.2) is 24.3 Å². The summed E-state index contributed by atoms with van der Waals surface area (Å²) in [7, 11) is 0. The molecule has 0 aliphatic heterocycles. The minimum atomic E-state index is -0.657. The van der Waals surface area contributed by atoms with Crippen LogP contribution in [0, 0.1) is 0 Å². The normalized spacial score (nSPS) is 14.5. The van der Waals surface area contributed by atoms with Gasteiger partial charge in [-0.05, 0) is 57.2 Å². The van der Waals surface area contributed by atoms with Crippen LogP contribution in [0.1, 0.15) is 50.8 Å². The average Bonchev–Trinajstić information content (AvgIpc) is 2.50. The number of ether oxygens (including phenoxy) is 1. The molecule has 1 aliphatic carbocycles. The Morgan fingerprint density at radius 3 is 2.75 bits per heavy atom. The first-order valence-corrected chi connectivity index (χ1v) is 8.31. The van der Waals surface area contributed by atoms with Gasteiger partial charge in [0.25, 0.3) is 0 Å². The van der Waals surface area contributed by atoms with Gasteiger partial charge < -0.3 is 15.4 Å². The number of nitrogens with one attached hydrogen (secondary N) is 2. The van der Waals surface area contributed by atoms with Crippen LogP contribution in [-0.2, 0) is 22.5 Å². The van der Waals surface area contributed by atoms with Gasteiger partial charge in [0.05, 0.1) is 0 Å². The van der Waals surface area contributed by atoms with E-state index in [2.05, 4.69) is 28.9 Å². The van der Waals surface area contributed by atoms with Crippen molar-refractivity contribution < 1.29 is 14.3 Å². The van der Waals surface area contributed by atoms with E-state index in [9.17, 15) is 9.59 Å². The monoisotopic (exact) mass is 330 g/mol. The molecule has 5 heteroatoms. The summed E-state index contributed by atoms with van der Waals surface area (Å²) < 4.78 is 5.16. The van der Waals surface area contributed by atoms with Gasteiger partial charge in [0.15, 0.2) is 0 Å². The highest BCUT2D eigenvalue weighted by atomic mass is 16.6. The minimum absolute atomic E-state index is 0.238. The summed E-state index contributed by atoms with van der Waals surface area (Å²) >= 11 is 0. The number of carbonyl (C=O) groups excluding carboxylic acids is 2. The number of hydrogen-bond donors (Lipinski definition) is 2. The predicted molar refractivity (Wildman–Crippen MR) is 94.5 cm³/mol. The summed E-state index contributed by atoms with van der Waals surface area (Å²) in [4.78, 5) is 23.9. The second-order valence-corrected chi connectivity index (χ2v) is 7.02. The highest BCUT2D eigenvalue weighted by Crippen LogP contribution is 2.22. The lowest BCUT2D eigenvalue weighted by Crippen LogP contribution is -2.46. The SMILES string of the molecule is C[C@H](NC(=O)OC(C)(C)C)C(=O)NCc1cccc2c1C=CCC2. The van der Waals surface area contributed by atoms with Gasteiger partial charge in [-0.2, -0.15) is 0 Å². The fourth-order valence-corrected chi connectivity index (χ4v) is 2.58.